The molecule has 2 fully saturated rings. The van der Waals surface area contributed by atoms with Crippen molar-refractivity contribution in [1.82, 2.24) is 15.5 Å². The average Bonchev–Trinajstić information content (AvgIpc) is 2.83. The molecule has 146 valence electrons. The summed E-state index contributed by atoms with van der Waals surface area (Å²) < 4.78 is 23.0. The third-order valence-electron chi connectivity index (χ3n) is 5.12. The molecule has 7 nitrogen and oxygen atoms in total. The molecule has 0 unspecified atom stereocenters. The van der Waals surface area contributed by atoms with Crippen LogP contribution in [0.4, 0.5) is 0 Å². The molecule has 2 amide bonds. The lowest BCUT2D eigenvalue weighted by Crippen LogP contribution is -2.57. The number of piperidine rings is 1. The van der Waals surface area contributed by atoms with Gasteiger partial charge in [-0.05, 0) is 38.8 Å². The van der Waals surface area contributed by atoms with Gasteiger partial charge in [-0.1, -0.05) is 12.8 Å². The summed E-state index contributed by atoms with van der Waals surface area (Å²) in [7, 11) is -3.51. The number of nitrogens with one attached hydrogen (secondary N) is 2. The fourth-order valence-electron chi connectivity index (χ4n) is 3.52. The lowest BCUT2D eigenvalue weighted by atomic mass is 9.96. The summed E-state index contributed by atoms with van der Waals surface area (Å²) in [6.07, 6.45) is 6.28. The predicted octanol–water partition coefficient (Wildman–Crippen LogP) is 0.484. The molecule has 2 aliphatic rings. The fraction of sp³-hybridized carbons (Fsp3) is 0.875. The third kappa shape index (κ3) is 5.56. The van der Waals surface area contributed by atoms with Gasteiger partial charge in [-0.25, -0.2) is 8.42 Å². The maximum absolute atomic E-state index is 12.5. The van der Waals surface area contributed by atoms with E-state index < -0.39 is 20.5 Å². The first kappa shape index (κ1) is 22.2. The van der Waals surface area contributed by atoms with E-state index in [-0.39, 0.29) is 44.1 Å². The summed E-state index contributed by atoms with van der Waals surface area (Å²) in [4.78, 5) is 26.6. The zero-order chi connectivity index (χ0) is 17.6. The van der Waals surface area contributed by atoms with Crippen LogP contribution in [0.25, 0.3) is 0 Å². The van der Waals surface area contributed by atoms with E-state index in [1.165, 1.54) is 0 Å². The molecule has 2 N–H and O–H groups in total. The average molecular weight is 396 g/mol. The second kappa shape index (κ2) is 9.73. The van der Waals surface area contributed by atoms with Crippen molar-refractivity contribution in [3.63, 3.8) is 0 Å². The Kier molecular flexibility index (Phi) is 8.63. The van der Waals surface area contributed by atoms with Crippen molar-refractivity contribution in [2.45, 2.75) is 49.7 Å². The van der Waals surface area contributed by atoms with E-state index in [1.807, 2.05) is 4.90 Å². The molecular weight excluding hydrogens is 366 g/mol. The normalized spacial score (nSPS) is 20.9. The fourth-order valence-corrected chi connectivity index (χ4v) is 4.87. The zero-order valence-electron chi connectivity index (χ0n) is 14.9. The van der Waals surface area contributed by atoms with E-state index in [0.29, 0.717) is 13.1 Å². The molecule has 9 heteroatoms. The van der Waals surface area contributed by atoms with Gasteiger partial charge in [-0.3, -0.25) is 9.59 Å². The van der Waals surface area contributed by atoms with Gasteiger partial charge in [0.1, 0.15) is 0 Å². The molecule has 0 aromatic heterocycles. The van der Waals surface area contributed by atoms with Crippen LogP contribution in [0, 0.1) is 0 Å². The van der Waals surface area contributed by atoms with Crippen molar-refractivity contribution in [3.8, 4) is 0 Å². The highest BCUT2D eigenvalue weighted by atomic mass is 35.5. The second-order valence-electron chi connectivity index (χ2n) is 6.82. The van der Waals surface area contributed by atoms with Crippen molar-refractivity contribution < 1.29 is 18.0 Å². The van der Waals surface area contributed by atoms with Crippen LogP contribution in [0.1, 0.15) is 44.9 Å². The number of hydrogen-bond acceptors (Lipinski definition) is 5. The molecule has 0 aliphatic carbocycles. The van der Waals surface area contributed by atoms with Gasteiger partial charge >= 0.3 is 0 Å². The molecule has 0 saturated carbocycles. The molecule has 2 heterocycles. The number of nitrogens with zero attached hydrogens (tertiary/aromatic N) is 1. The topological polar surface area (TPSA) is 95.6 Å². The van der Waals surface area contributed by atoms with Crippen molar-refractivity contribution >= 4 is 34.1 Å². The number of carbonyl (C=O) groups is 2. The van der Waals surface area contributed by atoms with Gasteiger partial charge in [0.05, 0.1) is 0 Å². The quantitative estimate of drug-likeness (QED) is 0.706. The summed E-state index contributed by atoms with van der Waals surface area (Å²) in [6.45, 7) is 2.77. The van der Waals surface area contributed by atoms with Gasteiger partial charge in [-0.15, -0.1) is 12.4 Å². The Labute approximate surface area is 156 Å². The van der Waals surface area contributed by atoms with E-state index >= 15 is 0 Å². The molecule has 2 saturated heterocycles. The molecule has 2 aliphatic heterocycles. The summed E-state index contributed by atoms with van der Waals surface area (Å²) in [5.74, 6) is -0.425. The van der Waals surface area contributed by atoms with Crippen molar-refractivity contribution in [2.75, 3.05) is 39.0 Å². The van der Waals surface area contributed by atoms with Crippen molar-refractivity contribution in [2.24, 2.45) is 0 Å². The molecule has 2 rings (SSSR count). The lowest BCUT2D eigenvalue weighted by Gasteiger charge is -2.34. The summed E-state index contributed by atoms with van der Waals surface area (Å²) in [6, 6.07) is 0. The van der Waals surface area contributed by atoms with Crippen LogP contribution in [0.15, 0.2) is 0 Å². The van der Waals surface area contributed by atoms with E-state index in [4.69, 9.17) is 0 Å². The van der Waals surface area contributed by atoms with Gasteiger partial charge in [0.2, 0.25) is 11.8 Å². The van der Waals surface area contributed by atoms with Crippen LogP contribution >= 0.6 is 12.4 Å². The highest BCUT2D eigenvalue weighted by Gasteiger charge is 2.48. The molecule has 0 atom stereocenters. The van der Waals surface area contributed by atoms with E-state index in [2.05, 4.69) is 10.6 Å². The molecule has 0 spiro atoms. The standard InChI is InChI=1S/C16H29N3O4S.ClH/c1-24(22,23)16(7-10-17-11-8-16)15(21)18-9-6-14(20)19-12-4-2-3-5-13-19;/h17H,2-13H2,1H3,(H,18,21);1H. The third-order valence-corrected chi connectivity index (χ3v) is 7.13. The van der Waals surface area contributed by atoms with Crippen molar-refractivity contribution in [3.05, 3.63) is 0 Å². The maximum Gasteiger partial charge on any atom is 0.241 e. The van der Waals surface area contributed by atoms with Gasteiger partial charge < -0.3 is 15.5 Å². The lowest BCUT2D eigenvalue weighted by molar-refractivity contribution is -0.131. The first-order chi connectivity index (χ1) is 11.4. The van der Waals surface area contributed by atoms with Gasteiger partial charge in [0.25, 0.3) is 0 Å². The number of amides is 2. The number of halogens is 1. The Balaban J connectivity index is 0.00000312. The van der Waals surface area contributed by atoms with Crippen LogP contribution in [0.5, 0.6) is 0 Å². The highest BCUT2D eigenvalue weighted by molar-refractivity contribution is 7.92. The molecule has 25 heavy (non-hydrogen) atoms. The molecule has 0 radical (unpaired) electrons. The van der Waals surface area contributed by atoms with E-state index in [0.717, 1.165) is 45.0 Å². The van der Waals surface area contributed by atoms with Gasteiger partial charge in [0.15, 0.2) is 14.6 Å². The number of hydrogen-bond donors (Lipinski definition) is 2. The maximum atomic E-state index is 12.5. The Hall–Kier alpha value is -0.860. The first-order valence-electron chi connectivity index (χ1n) is 8.83. The summed E-state index contributed by atoms with van der Waals surface area (Å²) in [5.41, 5.74) is 0. The number of sulfone groups is 1. The van der Waals surface area contributed by atoms with Crippen molar-refractivity contribution in [1.29, 1.82) is 0 Å². The molecule has 0 aromatic carbocycles. The number of likely N-dealkylation sites (tertiary alicyclic amines) is 1. The predicted molar refractivity (Wildman–Crippen MR) is 99.6 cm³/mol. The van der Waals surface area contributed by atoms with Crippen LogP contribution in [-0.2, 0) is 19.4 Å². The van der Waals surface area contributed by atoms with Gasteiger partial charge in [0, 0.05) is 32.3 Å². The Morgan fingerprint density at radius 1 is 1.08 bits per heavy atom. The van der Waals surface area contributed by atoms with Crippen LogP contribution in [0.2, 0.25) is 0 Å². The van der Waals surface area contributed by atoms with Gasteiger partial charge in [-0.2, -0.15) is 0 Å². The summed E-state index contributed by atoms with van der Waals surface area (Å²) >= 11 is 0. The highest BCUT2D eigenvalue weighted by Crippen LogP contribution is 2.27. The Bertz CT molecular complexity index is 554. The van der Waals surface area contributed by atoms with E-state index in [9.17, 15) is 18.0 Å². The van der Waals surface area contributed by atoms with Crippen LogP contribution in [0.3, 0.4) is 0 Å². The smallest absolute Gasteiger partial charge is 0.241 e. The first-order valence-corrected chi connectivity index (χ1v) is 10.7. The van der Waals surface area contributed by atoms with E-state index in [1.54, 1.807) is 0 Å². The minimum Gasteiger partial charge on any atom is -0.354 e. The largest absolute Gasteiger partial charge is 0.354 e. The second-order valence-corrected chi connectivity index (χ2v) is 9.14. The number of carbonyl (C=O) groups excluding carboxylic acids is 2. The minimum absolute atomic E-state index is 0. The van der Waals surface area contributed by atoms with Crippen LogP contribution < -0.4 is 10.6 Å². The minimum atomic E-state index is -3.51. The monoisotopic (exact) mass is 395 g/mol. The molecule has 0 bridgehead atoms. The number of rotatable bonds is 5. The SMILES string of the molecule is CS(=O)(=O)C1(C(=O)NCCC(=O)N2CCCCCC2)CCNCC1.Cl. The molecular formula is C16H30ClN3O4S. The van der Waals surface area contributed by atoms with Crippen LogP contribution in [-0.4, -0.2) is 68.9 Å². The molecule has 0 aromatic rings. The Morgan fingerprint density at radius 2 is 1.64 bits per heavy atom. The Morgan fingerprint density at radius 3 is 2.16 bits per heavy atom. The summed E-state index contributed by atoms with van der Waals surface area (Å²) in [5, 5.41) is 5.78. The zero-order valence-corrected chi connectivity index (χ0v) is 16.5.